The lowest BCUT2D eigenvalue weighted by molar-refractivity contribution is -0.384. The molecule has 0 radical (unpaired) electrons. The molecule has 0 atom stereocenters. The van der Waals surface area contributed by atoms with E-state index in [0.29, 0.717) is 12.2 Å². The summed E-state index contributed by atoms with van der Waals surface area (Å²) in [5.74, 6) is -0.321. The lowest BCUT2D eigenvalue weighted by Gasteiger charge is -2.10. The molecule has 5 heteroatoms. The average molecular weight is 260 g/mol. The van der Waals surface area contributed by atoms with Gasteiger partial charge in [-0.15, -0.1) is 0 Å². The third kappa shape index (κ3) is 3.07. The number of para-hydroxylation sites is 1. The highest BCUT2D eigenvalue weighted by Crippen LogP contribution is 2.28. The van der Waals surface area contributed by atoms with Crippen molar-refractivity contribution in [3.05, 3.63) is 69.5 Å². The van der Waals surface area contributed by atoms with Crippen molar-refractivity contribution in [2.45, 2.75) is 13.5 Å². The van der Waals surface area contributed by atoms with Gasteiger partial charge in [0.2, 0.25) is 0 Å². The fourth-order valence-corrected chi connectivity index (χ4v) is 1.87. The second kappa shape index (κ2) is 5.48. The summed E-state index contributed by atoms with van der Waals surface area (Å²) < 4.78 is 13.0. The van der Waals surface area contributed by atoms with E-state index in [2.05, 4.69) is 5.32 Å². The van der Waals surface area contributed by atoms with E-state index in [1.54, 1.807) is 31.2 Å². The average Bonchev–Trinajstić information content (AvgIpc) is 2.37. The maximum absolute atomic E-state index is 13.0. The van der Waals surface area contributed by atoms with Crippen molar-refractivity contribution in [2.24, 2.45) is 0 Å². The summed E-state index contributed by atoms with van der Waals surface area (Å²) in [6, 6.07) is 11.0. The number of nitrogens with zero attached hydrogens (tertiary/aromatic N) is 1. The molecule has 0 unspecified atom stereocenters. The Morgan fingerprint density at radius 1 is 1.26 bits per heavy atom. The number of hydrogen-bond acceptors (Lipinski definition) is 3. The second-order valence-electron chi connectivity index (χ2n) is 4.21. The zero-order chi connectivity index (χ0) is 13.8. The first-order valence-electron chi connectivity index (χ1n) is 5.80. The summed E-state index contributed by atoms with van der Waals surface area (Å²) in [4.78, 5) is 10.5. The van der Waals surface area contributed by atoms with Gasteiger partial charge in [-0.3, -0.25) is 10.1 Å². The molecule has 2 rings (SSSR count). The standard InChI is InChI=1S/C14H13FN2O2/c1-10-4-2-7-13(17(18)19)14(10)16-9-11-5-3-6-12(15)8-11/h2-8,16H,9H2,1H3. The molecule has 0 aromatic heterocycles. The number of rotatable bonds is 4. The van der Waals surface area contributed by atoms with E-state index in [-0.39, 0.29) is 11.5 Å². The molecule has 0 aliphatic rings. The van der Waals surface area contributed by atoms with Crippen molar-refractivity contribution in [1.29, 1.82) is 0 Å². The predicted octanol–water partition coefficient (Wildman–Crippen LogP) is 3.65. The SMILES string of the molecule is Cc1cccc([N+](=O)[O-])c1NCc1cccc(F)c1. The van der Waals surface area contributed by atoms with Crippen LogP contribution in [0, 0.1) is 22.9 Å². The number of halogens is 1. The molecule has 0 heterocycles. The lowest BCUT2D eigenvalue weighted by atomic mass is 10.1. The molecule has 4 nitrogen and oxygen atoms in total. The first-order chi connectivity index (χ1) is 9.08. The van der Waals surface area contributed by atoms with E-state index in [4.69, 9.17) is 0 Å². The van der Waals surface area contributed by atoms with Gasteiger partial charge in [0.05, 0.1) is 4.92 Å². The third-order valence-corrected chi connectivity index (χ3v) is 2.81. The summed E-state index contributed by atoms with van der Waals surface area (Å²) >= 11 is 0. The van der Waals surface area contributed by atoms with Crippen molar-refractivity contribution in [3.63, 3.8) is 0 Å². The molecular formula is C14H13FN2O2. The van der Waals surface area contributed by atoms with Crippen molar-refractivity contribution in [2.75, 3.05) is 5.32 Å². The highest BCUT2D eigenvalue weighted by Gasteiger charge is 2.14. The molecule has 0 saturated heterocycles. The first kappa shape index (κ1) is 13.0. The minimum absolute atomic E-state index is 0.0244. The quantitative estimate of drug-likeness (QED) is 0.674. The molecule has 0 spiro atoms. The fraction of sp³-hybridized carbons (Fsp3) is 0.143. The van der Waals surface area contributed by atoms with Crippen molar-refractivity contribution in [1.82, 2.24) is 0 Å². The Labute approximate surface area is 110 Å². The zero-order valence-corrected chi connectivity index (χ0v) is 10.4. The maximum atomic E-state index is 13.0. The van der Waals surface area contributed by atoms with Crippen LogP contribution >= 0.6 is 0 Å². The van der Waals surface area contributed by atoms with Crippen LogP contribution < -0.4 is 5.32 Å². The van der Waals surface area contributed by atoms with Crippen LogP contribution in [-0.2, 0) is 6.54 Å². The molecule has 1 N–H and O–H groups in total. The van der Waals surface area contributed by atoms with Crippen LogP contribution in [0.3, 0.4) is 0 Å². The minimum Gasteiger partial charge on any atom is -0.375 e. The van der Waals surface area contributed by atoms with Crippen LogP contribution in [0.5, 0.6) is 0 Å². The minimum atomic E-state index is -0.430. The predicted molar refractivity (Wildman–Crippen MR) is 71.6 cm³/mol. The fourth-order valence-electron chi connectivity index (χ4n) is 1.87. The van der Waals surface area contributed by atoms with Crippen LogP contribution in [0.15, 0.2) is 42.5 Å². The number of nitrogens with one attached hydrogen (secondary N) is 1. The molecule has 0 aliphatic carbocycles. The second-order valence-corrected chi connectivity index (χ2v) is 4.21. The van der Waals surface area contributed by atoms with Gasteiger partial charge >= 0.3 is 0 Å². The summed E-state index contributed by atoms with van der Waals surface area (Å²) in [5, 5.41) is 13.9. The number of aryl methyl sites for hydroxylation is 1. The molecule has 0 fully saturated rings. The molecule has 2 aromatic carbocycles. The largest absolute Gasteiger partial charge is 0.375 e. The molecule has 0 aliphatic heterocycles. The van der Waals surface area contributed by atoms with Gasteiger partial charge in [0.1, 0.15) is 11.5 Å². The van der Waals surface area contributed by atoms with Crippen molar-refractivity contribution < 1.29 is 9.31 Å². The highest BCUT2D eigenvalue weighted by atomic mass is 19.1. The number of nitro groups is 1. The van der Waals surface area contributed by atoms with E-state index in [1.165, 1.54) is 18.2 Å². The number of benzene rings is 2. The van der Waals surface area contributed by atoms with E-state index < -0.39 is 4.92 Å². The molecular weight excluding hydrogens is 247 g/mol. The molecule has 0 amide bonds. The molecule has 0 saturated carbocycles. The van der Waals surface area contributed by atoms with Crippen molar-refractivity contribution in [3.8, 4) is 0 Å². The van der Waals surface area contributed by atoms with E-state index in [1.807, 2.05) is 0 Å². The highest BCUT2D eigenvalue weighted by molar-refractivity contribution is 5.66. The summed E-state index contributed by atoms with van der Waals surface area (Å²) in [6.45, 7) is 2.13. The summed E-state index contributed by atoms with van der Waals surface area (Å²) in [6.07, 6.45) is 0. The molecule has 0 bridgehead atoms. The van der Waals surface area contributed by atoms with Crippen LogP contribution in [0.25, 0.3) is 0 Å². The van der Waals surface area contributed by atoms with Crippen molar-refractivity contribution >= 4 is 11.4 Å². The Morgan fingerprint density at radius 3 is 2.68 bits per heavy atom. The normalized spacial score (nSPS) is 10.2. The monoisotopic (exact) mass is 260 g/mol. The zero-order valence-electron chi connectivity index (χ0n) is 10.4. The van der Waals surface area contributed by atoms with Gasteiger partial charge in [-0.25, -0.2) is 4.39 Å². The first-order valence-corrected chi connectivity index (χ1v) is 5.80. The smallest absolute Gasteiger partial charge is 0.292 e. The van der Waals surface area contributed by atoms with Crippen LogP contribution in [0.2, 0.25) is 0 Å². The number of anilines is 1. The summed E-state index contributed by atoms with van der Waals surface area (Å²) in [7, 11) is 0. The lowest BCUT2D eigenvalue weighted by Crippen LogP contribution is -2.04. The van der Waals surface area contributed by atoms with Crippen LogP contribution in [-0.4, -0.2) is 4.92 Å². The molecule has 19 heavy (non-hydrogen) atoms. The number of nitro benzene ring substituents is 1. The van der Waals surface area contributed by atoms with E-state index in [0.717, 1.165) is 11.1 Å². The van der Waals surface area contributed by atoms with Gasteiger partial charge in [0.25, 0.3) is 5.69 Å². The Kier molecular flexibility index (Phi) is 3.75. The third-order valence-electron chi connectivity index (χ3n) is 2.81. The molecule has 98 valence electrons. The van der Waals surface area contributed by atoms with Crippen LogP contribution in [0.1, 0.15) is 11.1 Å². The topological polar surface area (TPSA) is 55.2 Å². The van der Waals surface area contributed by atoms with Gasteiger partial charge in [0.15, 0.2) is 0 Å². The van der Waals surface area contributed by atoms with Gasteiger partial charge in [-0.1, -0.05) is 24.3 Å². The Morgan fingerprint density at radius 2 is 2.00 bits per heavy atom. The summed E-state index contributed by atoms with van der Waals surface area (Å²) in [5.41, 5.74) is 2.01. The number of hydrogen-bond donors (Lipinski definition) is 1. The van der Waals surface area contributed by atoms with Gasteiger partial charge in [-0.2, -0.15) is 0 Å². The Bertz CT molecular complexity index is 614. The maximum Gasteiger partial charge on any atom is 0.292 e. The van der Waals surface area contributed by atoms with Gasteiger partial charge in [-0.05, 0) is 30.2 Å². The molecule has 2 aromatic rings. The Balaban J connectivity index is 2.22. The Hall–Kier alpha value is -2.43. The van der Waals surface area contributed by atoms with Crippen LogP contribution in [0.4, 0.5) is 15.8 Å². The van der Waals surface area contributed by atoms with E-state index >= 15 is 0 Å². The van der Waals surface area contributed by atoms with Gasteiger partial charge < -0.3 is 5.32 Å². The van der Waals surface area contributed by atoms with Gasteiger partial charge in [0, 0.05) is 12.6 Å². The van der Waals surface area contributed by atoms with E-state index in [9.17, 15) is 14.5 Å².